The number of nitrogens with two attached hydrogens (primary N) is 1. The molecule has 2 heterocycles. The van der Waals surface area contributed by atoms with Crippen LogP contribution in [0.5, 0.6) is 0 Å². The van der Waals surface area contributed by atoms with Crippen LogP contribution in [0.3, 0.4) is 0 Å². The van der Waals surface area contributed by atoms with E-state index in [1.54, 1.807) is 24.3 Å². The Hall–Kier alpha value is -3.13. The smallest absolute Gasteiger partial charge is 0.250 e. The summed E-state index contributed by atoms with van der Waals surface area (Å²) >= 11 is 0. The summed E-state index contributed by atoms with van der Waals surface area (Å²) in [6.45, 7) is 2.32. The number of benzene rings is 2. The number of rotatable bonds is 6. The number of hydrogen-bond acceptors (Lipinski definition) is 5. The molecule has 1 aliphatic heterocycles. The molecule has 6 nitrogen and oxygen atoms in total. The number of nitrogens with zero attached hydrogens (tertiary/aromatic N) is 3. The Bertz CT molecular complexity index is 1040. The molecule has 28 heavy (non-hydrogen) atoms. The predicted molar refractivity (Wildman–Crippen MR) is 102 cm³/mol. The van der Waals surface area contributed by atoms with Crippen molar-refractivity contribution in [2.45, 2.75) is 12.5 Å². The Morgan fingerprint density at radius 2 is 1.96 bits per heavy atom. The molecule has 8 heteroatoms. The summed E-state index contributed by atoms with van der Waals surface area (Å²) in [6.07, 6.45) is 2.40. The maximum absolute atomic E-state index is 14.5. The van der Waals surface area contributed by atoms with E-state index < -0.39 is 23.6 Å². The lowest BCUT2D eigenvalue weighted by molar-refractivity contribution is 0.100. The number of amides is 1. The van der Waals surface area contributed by atoms with E-state index in [-0.39, 0.29) is 11.1 Å². The first-order chi connectivity index (χ1) is 13.5. The van der Waals surface area contributed by atoms with Crippen molar-refractivity contribution in [1.82, 2.24) is 14.9 Å². The molecule has 3 aromatic rings. The van der Waals surface area contributed by atoms with Gasteiger partial charge in [-0.3, -0.25) is 4.79 Å². The van der Waals surface area contributed by atoms with Gasteiger partial charge in [0.05, 0.1) is 17.1 Å². The molecule has 0 radical (unpaired) electrons. The fourth-order valence-corrected chi connectivity index (χ4v) is 3.40. The molecule has 1 saturated heterocycles. The van der Waals surface area contributed by atoms with Crippen LogP contribution in [0.2, 0.25) is 0 Å². The number of halogens is 2. The van der Waals surface area contributed by atoms with Crippen molar-refractivity contribution >= 4 is 22.6 Å². The van der Waals surface area contributed by atoms with E-state index >= 15 is 0 Å². The molecule has 2 aromatic carbocycles. The zero-order chi connectivity index (χ0) is 19.7. The first-order valence-corrected chi connectivity index (χ1v) is 9.01. The number of anilines is 1. The molecule has 4 rings (SSSR count). The Labute approximate surface area is 160 Å². The maximum atomic E-state index is 14.5. The summed E-state index contributed by atoms with van der Waals surface area (Å²) in [5.41, 5.74) is 6.35. The molecule has 3 N–H and O–H groups in total. The van der Waals surface area contributed by atoms with Crippen LogP contribution in [0.25, 0.3) is 10.9 Å². The van der Waals surface area contributed by atoms with Crippen LogP contribution in [0, 0.1) is 11.6 Å². The van der Waals surface area contributed by atoms with Gasteiger partial charge in [0.1, 0.15) is 12.1 Å². The lowest BCUT2D eigenvalue weighted by Crippen LogP contribution is -2.41. The fourth-order valence-electron chi connectivity index (χ4n) is 3.40. The second-order valence-corrected chi connectivity index (χ2v) is 6.78. The topological polar surface area (TPSA) is 84.1 Å². The van der Waals surface area contributed by atoms with Crippen molar-refractivity contribution in [2.24, 2.45) is 5.73 Å². The van der Waals surface area contributed by atoms with Crippen LogP contribution in [-0.4, -0.2) is 40.4 Å². The number of nitrogens with one attached hydrogen (secondary N) is 1. The summed E-state index contributed by atoms with van der Waals surface area (Å²) in [7, 11) is 0. The number of carbonyl (C=O) groups is 1. The van der Waals surface area contributed by atoms with Crippen molar-refractivity contribution in [2.75, 3.05) is 25.0 Å². The van der Waals surface area contributed by atoms with Crippen LogP contribution in [0.4, 0.5) is 14.6 Å². The van der Waals surface area contributed by atoms with E-state index in [1.807, 2.05) is 0 Å². The third kappa shape index (κ3) is 3.38. The van der Waals surface area contributed by atoms with Crippen LogP contribution in [0.1, 0.15) is 28.4 Å². The van der Waals surface area contributed by atoms with Gasteiger partial charge in [-0.05, 0) is 37.7 Å². The van der Waals surface area contributed by atoms with E-state index in [0.29, 0.717) is 23.3 Å². The number of carbonyl (C=O) groups excluding carboxylic acids is 1. The molecule has 0 saturated carbocycles. The predicted octanol–water partition coefficient (Wildman–Crippen LogP) is 2.87. The number of likely N-dealkylation sites (tertiary alicyclic amines) is 1. The first kappa shape index (κ1) is 18.2. The number of primary amides is 1. The molecule has 0 unspecified atom stereocenters. The van der Waals surface area contributed by atoms with Crippen molar-refractivity contribution < 1.29 is 13.6 Å². The minimum atomic E-state index is -0.892. The van der Waals surface area contributed by atoms with Crippen molar-refractivity contribution in [3.63, 3.8) is 0 Å². The van der Waals surface area contributed by atoms with Gasteiger partial charge in [0.15, 0.2) is 11.6 Å². The molecular formula is C20H19F2N5O. The first-order valence-electron chi connectivity index (χ1n) is 9.01. The Kier molecular flexibility index (Phi) is 4.87. The second-order valence-electron chi connectivity index (χ2n) is 6.78. The highest BCUT2D eigenvalue weighted by molar-refractivity contribution is 6.06. The van der Waals surface area contributed by atoms with Gasteiger partial charge >= 0.3 is 0 Å². The third-order valence-electron chi connectivity index (χ3n) is 4.99. The quantitative estimate of drug-likeness (QED) is 0.684. The Morgan fingerprint density at radius 1 is 1.18 bits per heavy atom. The van der Waals surface area contributed by atoms with Crippen LogP contribution in [-0.2, 0) is 0 Å². The van der Waals surface area contributed by atoms with Crippen LogP contribution < -0.4 is 11.1 Å². The molecule has 0 spiro atoms. The normalized spacial score (nSPS) is 15.2. The number of para-hydroxylation sites is 1. The minimum absolute atomic E-state index is 0.227. The largest absolute Gasteiger partial charge is 0.366 e. The molecule has 0 bridgehead atoms. The van der Waals surface area contributed by atoms with E-state index in [0.717, 1.165) is 25.6 Å². The van der Waals surface area contributed by atoms with Gasteiger partial charge in [-0.2, -0.15) is 0 Å². The summed E-state index contributed by atoms with van der Waals surface area (Å²) < 4.78 is 28.3. The molecule has 144 valence electrons. The summed E-state index contributed by atoms with van der Waals surface area (Å²) in [6, 6.07) is 8.66. The van der Waals surface area contributed by atoms with E-state index in [9.17, 15) is 13.6 Å². The average molecular weight is 383 g/mol. The highest BCUT2D eigenvalue weighted by Crippen LogP contribution is 2.29. The minimum Gasteiger partial charge on any atom is -0.366 e. The molecule has 1 atom stereocenters. The molecule has 1 amide bonds. The fraction of sp³-hybridized carbons (Fsp3) is 0.250. The van der Waals surface area contributed by atoms with Gasteiger partial charge < -0.3 is 16.0 Å². The second kappa shape index (κ2) is 7.47. The number of aromatic nitrogens is 2. The van der Waals surface area contributed by atoms with Crippen molar-refractivity contribution in [3.05, 3.63) is 65.5 Å². The van der Waals surface area contributed by atoms with E-state index in [4.69, 9.17) is 5.73 Å². The van der Waals surface area contributed by atoms with Gasteiger partial charge in [-0.1, -0.05) is 18.2 Å². The zero-order valence-corrected chi connectivity index (χ0v) is 15.0. The number of fused-ring (bicyclic) bond motifs is 1. The third-order valence-corrected chi connectivity index (χ3v) is 4.99. The highest BCUT2D eigenvalue weighted by Gasteiger charge is 2.25. The molecule has 0 aliphatic carbocycles. The molecule has 1 fully saturated rings. The van der Waals surface area contributed by atoms with Crippen molar-refractivity contribution in [3.8, 4) is 0 Å². The molecule has 1 aliphatic rings. The lowest BCUT2D eigenvalue weighted by atomic mass is 10.0. The summed E-state index contributed by atoms with van der Waals surface area (Å²) in [5, 5.41) is 3.81. The van der Waals surface area contributed by atoms with Gasteiger partial charge in [0, 0.05) is 17.5 Å². The van der Waals surface area contributed by atoms with Crippen LogP contribution in [0.15, 0.2) is 42.7 Å². The summed E-state index contributed by atoms with van der Waals surface area (Å²) in [4.78, 5) is 22.3. The maximum Gasteiger partial charge on any atom is 0.250 e. The Balaban J connectivity index is 1.75. The van der Waals surface area contributed by atoms with E-state index in [2.05, 4.69) is 20.2 Å². The van der Waals surface area contributed by atoms with Gasteiger partial charge in [-0.15, -0.1) is 0 Å². The highest BCUT2D eigenvalue weighted by atomic mass is 19.2. The Morgan fingerprint density at radius 3 is 2.68 bits per heavy atom. The molecule has 1 aromatic heterocycles. The zero-order valence-electron chi connectivity index (χ0n) is 15.0. The van der Waals surface area contributed by atoms with Crippen LogP contribution >= 0.6 is 0 Å². The lowest BCUT2D eigenvalue weighted by Gasteiger charge is -2.35. The SMILES string of the molecule is NC(=O)c1cccc2c(N[C@H](CN3CCC3)c3cccc(F)c3F)ncnc12. The monoisotopic (exact) mass is 383 g/mol. The standard InChI is InChI=1S/C20H19F2N5O/c21-15-7-2-4-12(17(15)22)16(10-27-8-3-9-27)26-20-14-6-1-5-13(19(23)28)18(14)24-11-25-20/h1-2,4-7,11,16H,3,8-10H2,(H2,23,28)(H,24,25,26)/t16-/m1/s1. The van der Waals surface area contributed by atoms with Gasteiger partial charge in [0.2, 0.25) is 0 Å². The summed E-state index contributed by atoms with van der Waals surface area (Å²) in [5.74, 6) is -1.93. The average Bonchev–Trinajstić information content (AvgIpc) is 2.65. The van der Waals surface area contributed by atoms with Gasteiger partial charge in [0.25, 0.3) is 5.91 Å². The van der Waals surface area contributed by atoms with Gasteiger partial charge in [-0.25, -0.2) is 18.7 Å². The number of hydrogen-bond donors (Lipinski definition) is 2. The molecular weight excluding hydrogens is 364 g/mol. The van der Waals surface area contributed by atoms with E-state index in [1.165, 1.54) is 12.4 Å². The van der Waals surface area contributed by atoms with Crippen molar-refractivity contribution in [1.29, 1.82) is 0 Å².